The summed E-state index contributed by atoms with van der Waals surface area (Å²) >= 11 is 5.86. The Kier molecular flexibility index (Phi) is 7.05. The van der Waals surface area contributed by atoms with E-state index in [0.29, 0.717) is 16.5 Å². The maximum Gasteiger partial charge on any atom is 0.276 e. The average molecular weight is 375 g/mol. The van der Waals surface area contributed by atoms with Crippen molar-refractivity contribution in [1.29, 1.82) is 0 Å². The number of carbonyl (C=O) groups is 2. The van der Waals surface area contributed by atoms with Gasteiger partial charge in [0.05, 0.1) is 7.11 Å². The molecule has 0 fully saturated rings. The Morgan fingerprint density at radius 1 is 1.12 bits per heavy atom. The third-order valence-electron chi connectivity index (χ3n) is 3.37. The molecule has 0 aliphatic heterocycles. The van der Waals surface area contributed by atoms with E-state index < -0.39 is 11.8 Å². The van der Waals surface area contributed by atoms with E-state index in [1.807, 2.05) is 25.1 Å². The number of ether oxygens (including phenoxy) is 2. The van der Waals surface area contributed by atoms with Crippen LogP contribution in [0.5, 0.6) is 11.5 Å². The van der Waals surface area contributed by atoms with Crippen molar-refractivity contribution in [2.75, 3.05) is 13.7 Å². The zero-order valence-corrected chi connectivity index (χ0v) is 15.2. The van der Waals surface area contributed by atoms with Crippen LogP contribution in [0.2, 0.25) is 5.02 Å². The Balaban J connectivity index is 1.79. The van der Waals surface area contributed by atoms with Crippen LogP contribution < -0.4 is 20.3 Å². The Hall–Kier alpha value is -2.99. The van der Waals surface area contributed by atoms with E-state index in [0.717, 1.165) is 11.1 Å². The maximum absolute atomic E-state index is 11.8. The molecule has 0 spiro atoms. The highest BCUT2D eigenvalue weighted by Crippen LogP contribution is 2.21. The van der Waals surface area contributed by atoms with Gasteiger partial charge >= 0.3 is 0 Å². The van der Waals surface area contributed by atoms with Crippen LogP contribution in [0.25, 0.3) is 6.08 Å². The van der Waals surface area contributed by atoms with Crippen molar-refractivity contribution in [1.82, 2.24) is 10.9 Å². The van der Waals surface area contributed by atoms with Gasteiger partial charge in [0.2, 0.25) is 0 Å². The number of aryl methyl sites for hydroxylation is 1. The van der Waals surface area contributed by atoms with E-state index in [4.69, 9.17) is 21.1 Å². The van der Waals surface area contributed by atoms with E-state index in [2.05, 4.69) is 10.9 Å². The number of benzene rings is 2. The Labute approximate surface area is 156 Å². The Morgan fingerprint density at radius 3 is 2.62 bits per heavy atom. The molecule has 2 aromatic carbocycles. The monoisotopic (exact) mass is 374 g/mol. The van der Waals surface area contributed by atoms with Gasteiger partial charge in [-0.1, -0.05) is 29.8 Å². The summed E-state index contributed by atoms with van der Waals surface area (Å²) in [5, 5.41) is 0.591. The molecule has 136 valence electrons. The van der Waals surface area contributed by atoms with E-state index in [1.54, 1.807) is 37.5 Å². The highest BCUT2D eigenvalue weighted by Gasteiger charge is 2.06. The van der Waals surface area contributed by atoms with Crippen molar-refractivity contribution in [2.24, 2.45) is 0 Å². The summed E-state index contributed by atoms with van der Waals surface area (Å²) in [6, 6.07) is 12.3. The number of carbonyl (C=O) groups excluding carboxylic acids is 2. The van der Waals surface area contributed by atoms with Crippen molar-refractivity contribution in [3.63, 3.8) is 0 Å². The molecular weight excluding hydrogens is 356 g/mol. The lowest BCUT2D eigenvalue weighted by Crippen LogP contribution is -2.43. The number of nitrogens with one attached hydrogen (secondary N) is 2. The molecular formula is C19H19ClN2O4. The second-order valence-corrected chi connectivity index (χ2v) is 5.75. The molecule has 0 bridgehead atoms. The zero-order chi connectivity index (χ0) is 18.9. The van der Waals surface area contributed by atoms with E-state index in [1.165, 1.54) is 6.08 Å². The van der Waals surface area contributed by atoms with Crippen LogP contribution in [0.15, 0.2) is 48.5 Å². The number of rotatable bonds is 6. The molecule has 0 aliphatic carbocycles. The number of hydrogen-bond donors (Lipinski definition) is 2. The zero-order valence-electron chi connectivity index (χ0n) is 14.4. The summed E-state index contributed by atoms with van der Waals surface area (Å²) in [4.78, 5) is 23.5. The van der Waals surface area contributed by atoms with Crippen LogP contribution in [0.3, 0.4) is 0 Å². The first kappa shape index (κ1) is 19.3. The van der Waals surface area contributed by atoms with E-state index in [-0.39, 0.29) is 6.61 Å². The molecule has 0 radical (unpaired) electrons. The third-order valence-corrected chi connectivity index (χ3v) is 3.61. The van der Waals surface area contributed by atoms with Crippen molar-refractivity contribution >= 4 is 29.5 Å². The smallest absolute Gasteiger partial charge is 0.276 e. The fourth-order valence-electron chi connectivity index (χ4n) is 2.10. The van der Waals surface area contributed by atoms with Gasteiger partial charge in [-0.15, -0.1) is 0 Å². The van der Waals surface area contributed by atoms with Crippen LogP contribution in [-0.4, -0.2) is 25.5 Å². The summed E-state index contributed by atoms with van der Waals surface area (Å²) in [5.74, 6) is 0.226. The molecule has 2 amide bonds. The SMILES string of the molecule is COc1ccccc1C=CC(=O)NNC(=O)COc1ccc(Cl)cc1C. The lowest BCUT2D eigenvalue weighted by atomic mass is 10.2. The van der Waals surface area contributed by atoms with Crippen LogP contribution in [0.1, 0.15) is 11.1 Å². The Morgan fingerprint density at radius 2 is 1.88 bits per heavy atom. The van der Waals surface area contributed by atoms with Gasteiger partial charge in [-0.2, -0.15) is 0 Å². The first-order valence-electron chi connectivity index (χ1n) is 7.78. The highest BCUT2D eigenvalue weighted by molar-refractivity contribution is 6.30. The van der Waals surface area contributed by atoms with Gasteiger partial charge in [-0.25, -0.2) is 0 Å². The normalized spacial score (nSPS) is 10.4. The number of amides is 2. The largest absolute Gasteiger partial charge is 0.496 e. The van der Waals surface area contributed by atoms with Gasteiger partial charge in [0.15, 0.2) is 6.61 Å². The summed E-state index contributed by atoms with van der Waals surface area (Å²) in [6.45, 7) is 1.59. The molecule has 0 aromatic heterocycles. The summed E-state index contributed by atoms with van der Waals surface area (Å²) in [7, 11) is 1.55. The second-order valence-electron chi connectivity index (χ2n) is 5.31. The minimum Gasteiger partial charge on any atom is -0.496 e. The maximum atomic E-state index is 11.8. The molecule has 6 nitrogen and oxygen atoms in total. The number of halogens is 1. The molecule has 26 heavy (non-hydrogen) atoms. The van der Waals surface area contributed by atoms with Crippen LogP contribution in [-0.2, 0) is 9.59 Å². The minimum atomic E-state index is -0.488. The van der Waals surface area contributed by atoms with Gasteiger partial charge in [-0.05, 0) is 42.8 Å². The molecule has 7 heteroatoms. The number of methoxy groups -OCH3 is 1. The van der Waals surface area contributed by atoms with Crippen LogP contribution in [0, 0.1) is 6.92 Å². The highest BCUT2D eigenvalue weighted by atomic mass is 35.5. The topological polar surface area (TPSA) is 76.7 Å². The predicted molar refractivity (Wildman–Crippen MR) is 100.0 cm³/mol. The molecule has 0 unspecified atom stereocenters. The fraction of sp³-hybridized carbons (Fsp3) is 0.158. The number of para-hydroxylation sites is 1. The number of hydrogen-bond acceptors (Lipinski definition) is 4. The lowest BCUT2D eigenvalue weighted by Gasteiger charge is -2.10. The summed E-state index contributed by atoms with van der Waals surface area (Å²) < 4.78 is 10.6. The first-order valence-corrected chi connectivity index (χ1v) is 8.16. The molecule has 0 heterocycles. The van der Waals surface area contributed by atoms with Crippen molar-refractivity contribution in [3.8, 4) is 11.5 Å². The van der Waals surface area contributed by atoms with Crippen molar-refractivity contribution in [2.45, 2.75) is 6.92 Å². The van der Waals surface area contributed by atoms with Gasteiger partial charge in [0, 0.05) is 16.7 Å². The first-order chi connectivity index (χ1) is 12.5. The second kappa shape index (κ2) is 9.48. The van der Waals surface area contributed by atoms with Gasteiger partial charge < -0.3 is 9.47 Å². The van der Waals surface area contributed by atoms with E-state index >= 15 is 0 Å². The fourth-order valence-corrected chi connectivity index (χ4v) is 2.32. The van der Waals surface area contributed by atoms with Crippen molar-refractivity contribution < 1.29 is 19.1 Å². The summed E-state index contributed by atoms with van der Waals surface area (Å²) in [6.07, 6.45) is 2.89. The van der Waals surface area contributed by atoms with Crippen LogP contribution >= 0.6 is 11.6 Å². The predicted octanol–water partition coefficient (Wildman–Crippen LogP) is 2.90. The molecule has 0 aliphatic rings. The number of hydrazine groups is 1. The average Bonchev–Trinajstić information content (AvgIpc) is 2.64. The van der Waals surface area contributed by atoms with Gasteiger partial charge in [0.1, 0.15) is 11.5 Å². The molecule has 0 saturated carbocycles. The molecule has 2 N–H and O–H groups in total. The van der Waals surface area contributed by atoms with Crippen LogP contribution in [0.4, 0.5) is 0 Å². The van der Waals surface area contributed by atoms with Gasteiger partial charge in [0.25, 0.3) is 11.8 Å². The van der Waals surface area contributed by atoms with Crippen molar-refractivity contribution in [3.05, 3.63) is 64.7 Å². The standard InChI is InChI=1S/C19H19ClN2O4/c1-13-11-15(20)8-9-16(13)26-12-19(24)22-21-18(23)10-7-14-5-3-4-6-17(14)25-2/h3-11H,12H2,1-2H3,(H,21,23)(H,22,24). The molecule has 2 aromatic rings. The van der Waals surface area contributed by atoms with E-state index in [9.17, 15) is 9.59 Å². The molecule has 0 atom stereocenters. The lowest BCUT2D eigenvalue weighted by molar-refractivity contribution is -0.128. The summed E-state index contributed by atoms with van der Waals surface area (Å²) in [5.41, 5.74) is 6.12. The third kappa shape index (κ3) is 5.82. The minimum absolute atomic E-state index is 0.237. The quantitative estimate of drug-likeness (QED) is 0.602. The Bertz CT molecular complexity index is 821. The molecule has 2 rings (SSSR count). The van der Waals surface area contributed by atoms with Gasteiger partial charge in [-0.3, -0.25) is 20.4 Å². The molecule has 0 saturated heterocycles.